The highest BCUT2D eigenvalue weighted by Gasteiger charge is 2.36. The van der Waals surface area contributed by atoms with Crippen molar-refractivity contribution in [2.75, 3.05) is 26.7 Å². The van der Waals surface area contributed by atoms with Crippen molar-refractivity contribution in [3.63, 3.8) is 0 Å². The summed E-state index contributed by atoms with van der Waals surface area (Å²) in [7, 11) is 1.60. The van der Waals surface area contributed by atoms with Gasteiger partial charge in [-0.05, 0) is 52.2 Å². The van der Waals surface area contributed by atoms with E-state index in [0.717, 1.165) is 4.47 Å². The van der Waals surface area contributed by atoms with E-state index in [1.807, 2.05) is 35.2 Å². The molecule has 1 amide bonds. The van der Waals surface area contributed by atoms with Gasteiger partial charge in [0.05, 0.1) is 12.7 Å². The predicted octanol–water partition coefficient (Wildman–Crippen LogP) is 3.69. The number of carbonyl (C=O) groups excluding carboxylic acids is 1. The average Bonchev–Trinajstić information content (AvgIpc) is 3.07. The fourth-order valence-corrected chi connectivity index (χ4v) is 3.74. The average molecular weight is 426 g/mol. The molecule has 2 aromatic carbocycles. The van der Waals surface area contributed by atoms with Crippen molar-refractivity contribution in [2.45, 2.75) is 5.92 Å². The topological polar surface area (TPSA) is 55.6 Å². The van der Waals surface area contributed by atoms with Gasteiger partial charge in [0.1, 0.15) is 5.75 Å². The van der Waals surface area contributed by atoms with E-state index in [-0.39, 0.29) is 30.2 Å². The van der Waals surface area contributed by atoms with Crippen LogP contribution < -0.4 is 10.5 Å². The van der Waals surface area contributed by atoms with Crippen molar-refractivity contribution < 1.29 is 9.53 Å². The number of nitrogens with two attached hydrogens (primary N) is 1. The molecule has 0 saturated carbocycles. The Kier molecular flexibility index (Phi) is 6.87. The first-order valence-electron chi connectivity index (χ1n) is 8.02. The molecule has 2 aromatic rings. The number of amides is 1. The minimum atomic E-state index is 0. The van der Waals surface area contributed by atoms with E-state index in [4.69, 9.17) is 10.5 Å². The van der Waals surface area contributed by atoms with Gasteiger partial charge in [-0.15, -0.1) is 12.4 Å². The van der Waals surface area contributed by atoms with E-state index in [1.165, 1.54) is 5.56 Å². The standard InChI is InChI=1S/C19H21BrN2O2.ClH/c1-24-15-7-8-18(20)16(9-15)19(23)22-11-14(10-21)17(12-22)13-5-3-2-4-6-13;/h2-9,14,17H,10-12,21H2,1H3;1H/t14-,17+;/m1./s1. The van der Waals surface area contributed by atoms with Crippen molar-refractivity contribution in [2.24, 2.45) is 11.7 Å². The van der Waals surface area contributed by atoms with Gasteiger partial charge < -0.3 is 15.4 Å². The first-order chi connectivity index (χ1) is 11.6. The highest BCUT2D eigenvalue weighted by Crippen LogP contribution is 2.34. The lowest BCUT2D eigenvalue weighted by Gasteiger charge is -2.18. The Bertz CT molecular complexity index is 727. The van der Waals surface area contributed by atoms with Gasteiger partial charge in [-0.3, -0.25) is 4.79 Å². The van der Waals surface area contributed by atoms with Crippen LogP contribution in [0.2, 0.25) is 0 Å². The lowest BCUT2D eigenvalue weighted by atomic mass is 9.89. The van der Waals surface area contributed by atoms with Gasteiger partial charge in [-0.1, -0.05) is 30.3 Å². The summed E-state index contributed by atoms with van der Waals surface area (Å²) in [6, 6.07) is 15.8. The van der Waals surface area contributed by atoms with E-state index in [0.29, 0.717) is 30.9 Å². The van der Waals surface area contributed by atoms with Crippen LogP contribution in [0, 0.1) is 5.92 Å². The van der Waals surface area contributed by atoms with Crippen LogP contribution in [-0.4, -0.2) is 37.6 Å². The number of ether oxygens (including phenoxy) is 1. The summed E-state index contributed by atoms with van der Waals surface area (Å²) in [5.41, 5.74) is 7.84. The number of carbonyl (C=O) groups is 1. The number of hydrogen-bond donors (Lipinski definition) is 1. The van der Waals surface area contributed by atoms with Gasteiger partial charge in [0.25, 0.3) is 5.91 Å². The Morgan fingerprint density at radius 1 is 1.24 bits per heavy atom. The fraction of sp³-hybridized carbons (Fsp3) is 0.316. The Labute approximate surface area is 162 Å². The van der Waals surface area contributed by atoms with Crippen molar-refractivity contribution in [1.29, 1.82) is 0 Å². The van der Waals surface area contributed by atoms with Gasteiger partial charge in [0, 0.05) is 23.5 Å². The largest absolute Gasteiger partial charge is 0.497 e. The molecule has 1 aliphatic heterocycles. The summed E-state index contributed by atoms with van der Waals surface area (Å²) in [4.78, 5) is 14.9. The summed E-state index contributed by atoms with van der Waals surface area (Å²) in [6.07, 6.45) is 0. The summed E-state index contributed by atoms with van der Waals surface area (Å²) < 4.78 is 6.02. The number of benzene rings is 2. The van der Waals surface area contributed by atoms with Crippen LogP contribution in [-0.2, 0) is 0 Å². The highest BCUT2D eigenvalue weighted by molar-refractivity contribution is 9.10. The maximum atomic E-state index is 13.0. The van der Waals surface area contributed by atoms with E-state index in [1.54, 1.807) is 13.2 Å². The van der Waals surface area contributed by atoms with Crippen LogP contribution in [0.15, 0.2) is 53.0 Å². The SMILES string of the molecule is COc1ccc(Br)c(C(=O)N2C[C@@H](CN)[C@H](c3ccccc3)C2)c1.Cl. The third-order valence-electron chi connectivity index (χ3n) is 4.66. The van der Waals surface area contributed by atoms with Crippen molar-refractivity contribution >= 4 is 34.2 Å². The van der Waals surface area contributed by atoms with Gasteiger partial charge in [0.2, 0.25) is 0 Å². The lowest BCUT2D eigenvalue weighted by molar-refractivity contribution is 0.0785. The molecule has 0 bridgehead atoms. The zero-order chi connectivity index (χ0) is 17.1. The van der Waals surface area contributed by atoms with Crippen molar-refractivity contribution in [3.05, 3.63) is 64.1 Å². The first-order valence-corrected chi connectivity index (χ1v) is 8.81. The molecule has 0 aromatic heterocycles. The van der Waals surface area contributed by atoms with Gasteiger partial charge in [-0.25, -0.2) is 0 Å². The number of nitrogens with zero attached hydrogens (tertiary/aromatic N) is 1. The van der Waals surface area contributed by atoms with Gasteiger partial charge >= 0.3 is 0 Å². The summed E-state index contributed by atoms with van der Waals surface area (Å²) >= 11 is 3.47. The van der Waals surface area contributed by atoms with Crippen LogP contribution in [0.3, 0.4) is 0 Å². The zero-order valence-corrected chi connectivity index (χ0v) is 16.4. The smallest absolute Gasteiger partial charge is 0.255 e. The third kappa shape index (κ3) is 4.17. The Hall–Kier alpha value is -1.56. The summed E-state index contributed by atoms with van der Waals surface area (Å²) in [5, 5.41) is 0. The van der Waals surface area contributed by atoms with Crippen LogP contribution in [0.5, 0.6) is 5.75 Å². The molecular weight excluding hydrogens is 404 g/mol. The molecule has 3 rings (SSSR count). The molecule has 1 heterocycles. The maximum absolute atomic E-state index is 13.0. The lowest BCUT2D eigenvalue weighted by Crippen LogP contribution is -2.30. The Morgan fingerprint density at radius 2 is 1.96 bits per heavy atom. The van der Waals surface area contributed by atoms with Crippen LogP contribution in [0.4, 0.5) is 0 Å². The number of halogens is 2. The number of likely N-dealkylation sites (tertiary alicyclic amines) is 1. The van der Waals surface area contributed by atoms with Crippen LogP contribution >= 0.6 is 28.3 Å². The second-order valence-corrected chi connectivity index (χ2v) is 6.92. The number of methoxy groups -OCH3 is 1. The molecule has 1 aliphatic rings. The fourth-order valence-electron chi connectivity index (χ4n) is 3.32. The molecule has 134 valence electrons. The molecule has 0 radical (unpaired) electrons. The highest BCUT2D eigenvalue weighted by atomic mass is 79.9. The molecule has 4 nitrogen and oxygen atoms in total. The van der Waals surface area contributed by atoms with E-state index < -0.39 is 0 Å². The molecule has 6 heteroatoms. The molecule has 1 saturated heterocycles. The molecule has 2 N–H and O–H groups in total. The van der Waals surface area contributed by atoms with Crippen molar-refractivity contribution in [1.82, 2.24) is 4.90 Å². The van der Waals surface area contributed by atoms with Crippen molar-refractivity contribution in [3.8, 4) is 5.75 Å². The first kappa shape index (κ1) is 19.8. The number of rotatable bonds is 4. The second kappa shape index (κ2) is 8.70. The quantitative estimate of drug-likeness (QED) is 0.813. The predicted molar refractivity (Wildman–Crippen MR) is 106 cm³/mol. The van der Waals surface area contributed by atoms with Crippen LogP contribution in [0.1, 0.15) is 21.8 Å². The molecule has 1 fully saturated rings. The molecule has 25 heavy (non-hydrogen) atoms. The Morgan fingerprint density at radius 3 is 2.60 bits per heavy atom. The molecule has 0 unspecified atom stereocenters. The summed E-state index contributed by atoms with van der Waals surface area (Å²) in [6.45, 7) is 1.94. The normalized spacial score (nSPS) is 19.4. The number of hydrogen-bond acceptors (Lipinski definition) is 3. The Balaban J connectivity index is 0.00000225. The third-order valence-corrected chi connectivity index (χ3v) is 5.35. The van der Waals surface area contributed by atoms with Crippen LogP contribution in [0.25, 0.3) is 0 Å². The van der Waals surface area contributed by atoms with Gasteiger partial charge in [0.15, 0.2) is 0 Å². The van der Waals surface area contributed by atoms with Gasteiger partial charge in [-0.2, -0.15) is 0 Å². The molecule has 2 atom stereocenters. The summed E-state index contributed by atoms with van der Waals surface area (Å²) in [5.74, 6) is 1.25. The molecule has 0 spiro atoms. The van der Waals surface area contributed by atoms with E-state index in [9.17, 15) is 4.79 Å². The molecule has 0 aliphatic carbocycles. The molecular formula is C19H22BrClN2O2. The second-order valence-electron chi connectivity index (χ2n) is 6.07. The van der Waals surface area contributed by atoms with E-state index >= 15 is 0 Å². The monoisotopic (exact) mass is 424 g/mol. The zero-order valence-electron chi connectivity index (χ0n) is 14.0. The maximum Gasteiger partial charge on any atom is 0.255 e. The minimum Gasteiger partial charge on any atom is -0.497 e. The minimum absolute atomic E-state index is 0. The van der Waals surface area contributed by atoms with E-state index in [2.05, 4.69) is 28.1 Å².